The number of anilines is 1. The molecule has 94 valence electrons. The van der Waals surface area contributed by atoms with Gasteiger partial charge in [0, 0.05) is 30.3 Å². The molecule has 0 unspecified atom stereocenters. The molecule has 1 aliphatic heterocycles. The van der Waals surface area contributed by atoms with Crippen molar-refractivity contribution in [1.82, 2.24) is 4.90 Å². The molecule has 2 N–H and O–H groups in total. The molecule has 0 saturated carbocycles. The minimum Gasteiger partial charge on any atom is -0.396 e. The van der Waals surface area contributed by atoms with Crippen LogP contribution in [0.3, 0.4) is 0 Å². The molecule has 0 aromatic heterocycles. The third-order valence-corrected chi connectivity index (χ3v) is 3.73. The van der Waals surface area contributed by atoms with Crippen LogP contribution in [-0.4, -0.2) is 43.5 Å². The number of benzene rings is 1. The maximum atomic E-state index is 13.2. The highest BCUT2D eigenvalue weighted by atomic mass is 32.2. The summed E-state index contributed by atoms with van der Waals surface area (Å²) >= 11 is 1.66. The first-order valence-electron chi connectivity index (χ1n) is 5.73. The fourth-order valence-corrected chi connectivity index (χ4v) is 2.65. The highest BCUT2D eigenvalue weighted by molar-refractivity contribution is 7.99. The maximum absolute atomic E-state index is 13.2. The van der Waals surface area contributed by atoms with Gasteiger partial charge in [-0.2, -0.15) is 0 Å². The molecule has 1 aliphatic rings. The van der Waals surface area contributed by atoms with Crippen LogP contribution in [0.2, 0.25) is 0 Å². The van der Waals surface area contributed by atoms with Gasteiger partial charge in [-0.15, -0.1) is 11.8 Å². The van der Waals surface area contributed by atoms with E-state index in [0.717, 1.165) is 43.5 Å². The van der Waals surface area contributed by atoms with E-state index in [2.05, 4.69) is 4.90 Å². The summed E-state index contributed by atoms with van der Waals surface area (Å²) in [5, 5.41) is 0. The molecule has 1 heterocycles. The highest BCUT2D eigenvalue weighted by Gasteiger charge is 2.09. The topological polar surface area (TPSA) is 38.5 Å². The van der Waals surface area contributed by atoms with Crippen molar-refractivity contribution in [1.29, 1.82) is 0 Å². The van der Waals surface area contributed by atoms with Gasteiger partial charge in [-0.25, -0.2) is 4.39 Å². The lowest BCUT2D eigenvalue weighted by atomic mass is 10.3. The second-order valence-electron chi connectivity index (χ2n) is 3.99. The minimum atomic E-state index is -0.332. The number of hydrogen-bond donors (Lipinski definition) is 1. The van der Waals surface area contributed by atoms with Gasteiger partial charge in [0.05, 0.1) is 18.9 Å². The summed E-state index contributed by atoms with van der Waals surface area (Å²) in [6, 6.07) is 4.98. The molecule has 0 spiro atoms. The lowest BCUT2D eigenvalue weighted by Gasteiger charge is -2.26. The summed E-state index contributed by atoms with van der Waals surface area (Å²) in [6.07, 6.45) is 0. The standard InChI is InChI=1S/C12H17FN2OS/c13-11-9-10(1-2-12(11)14)17-8-5-15-3-6-16-7-4-15/h1-2,9H,3-8,14H2. The van der Waals surface area contributed by atoms with Crippen LogP contribution < -0.4 is 5.73 Å². The fourth-order valence-electron chi connectivity index (χ4n) is 1.72. The Morgan fingerprint density at radius 3 is 2.82 bits per heavy atom. The first-order chi connectivity index (χ1) is 8.25. The van der Waals surface area contributed by atoms with E-state index in [1.165, 1.54) is 6.07 Å². The third kappa shape index (κ3) is 3.87. The lowest BCUT2D eigenvalue weighted by molar-refractivity contribution is 0.0410. The van der Waals surface area contributed by atoms with Gasteiger partial charge in [0.1, 0.15) is 5.82 Å². The average molecular weight is 256 g/mol. The van der Waals surface area contributed by atoms with E-state index in [-0.39, 0.29) is 11.5 Å². The molecular weight excluding hydrogens is 239 g/mol. The minimum absolute atomic E-state index is 0.211. The van der Waals surface area contributed by atoms with Gasteiger partial charge in [-0.1, -0.05) is 0 Å². The predicted molar refractivity (Wildman–Crippen MR) is 68.8 cm³/mol. The Kier molecular flexibility index (Phi) is 4.65. The molecule has 0 amide bonds. The summed E-state index contributed by atoms with van der Waals surface area (Å²) < 4.78 is 18.5. The van der Waals surface area contributed by atoms with Gasteiger partial charge >= 0.3 is 0 Å². The number of nitrogen functional groups attached to an aromatic ring is 1. The Hall–Kier alpha value is -0.780. The van der Waals surface area contributed by atoms with Crippen LogP contribution in [0.5, 0.6) is 0 Å². The average Bonchev–Trinajstić information content (AvgIpc) is 2.35. The van der Waals surface area contributed by atoms with Crippen LogP contribution in [0.25, 0.3) is 0 Å². The molecule has 1 saturated heterocycles. The van der Waals surface area contributed by atoms with E-state index in [1.807, 2.05) is 6.07 Å². The predicted octanol–water partition coefficient (Wildman–Crippen LogP) is 1.83. The smallest absolute Gasteiger partial charge is 0.147 e. The summed E-state index contributed by atoms with van der Waals surface area (Å²) in [5.74, 6) is 0.630. The highest BCUT2D eigenvalue weighted by Crippen LogP contribution is 2.21. The Labute approximate surface area is 105 Å². The van der Waals surface area contributed by atoms with E-state index in [1.54, 1.807) is 17.8 Å². The zero-order valence-corrected chi connectivity index (χ0v) is 10.5. The molecule has 1 aromatic rings. The largest absolute Gasteiger partial charge is 0.396 e. The molecule has 0 bridgehead atoms. The van der Waals surface area contributed by atoms with Crippen molar-refractivity contribution >= 4 is 17.4 Å². The van der Waals surface area contributed by atoms with Crippen molar-refractivity contribution in [2.24, 2.45) is 0 Å². The number of hydrogen-bond acceptors (Lipinski definition) is 4. The zero-order chi connectivity index (χ0) is 12.1. The molecular formula is C12H17FN2OS. The van der Waals surface area contributed by atoms with Gasteiger partial charge in [0.25, 0.3) is 0 Å². The Bertz CT molecular complexity index is 370. The first kappa shape index (κ1) is 12.7. The molecule has 17 heavy (non-hydrogen) atoms. The summed E-state index contributed by atoms with van der Waals surface area (Å²) in [4.78, 5) is 3.30. The lowest BCUT2D eigenvalue weighted by Crippen LogP contribution is -2.37. The fraction of sp³-hybridized carbons (Fsp3) is 0.500. The van der Waals surface area contributed by atoms with E-state index in [0.29, 0.717) is 0 Å². The summed E-state index contributed by atoms with van der Waals surface area (Å²) in [7, 11) is 0. The monoisotopic (exact) mass is 256 g/mol. The molecule has 1 aromatic carbocycles. The van der Waals surface area contributed by atoms with Crippen LogP contribution in [0.4, 0.5) is 10.1 Å². The van der Waals surface area contributed by atoms with E-state index >= 15 is 0 Å². The summed E-state index contributed by atoms with van der Waals surface area (Å²) in [6.45, 7) is 4.65. The number of thioether (sulfide) groups is 1. The Morgan fingerprint density at radius 2 is 2.12 bits per heavy atom. The van der Waals surface area contributed by atoms with E-state index in [9.17, 15) is 4.39 Å². The van der Waals surface area contributed by atoms with Crippen LogP contribution >= 0.6 is 11.8 Å². The van der Waals surface area contributed by atoms with Gasteiger partial charge in [-0.3, -0.25) is 4.90 Å². The number of rotatable bonds is 4. The molecule has 2 rings (SSSR count). The normalized spacial score (nSPS) is 17.2. The number of nitrogens with zero attached hydrogens (tertiary/aromatic N) is 1. The molecule has 5 heteroatoms. The second-order valence-corrected chi connectivity index (χ2v) is 5.15. The van der Waals surface area contributed by atoms with Crippen molar-refractivity contribution in [3.63, 3.8) is 0 Å². The summed E-state index contributed by atoms with van der Waals surface area (Å²) in [5.41, 5.74) is 5.64. The van der Waals surface area contributed by atoms with Crippen molar-refractivity contribution in [3.05, 3.63) is 24.0 Å². The maximum Gasteiger partial charge on any atom is 0.147 e. The van der Waals surface area contributed by atoms with Gasteiger partial charge < -0.3 is 10.5 Å². The van der Waals surface area contributed by atoms with Crippen LogP contribution in [0, 0.1) is 5.82 Å². The zero-order valence-electron chi connectivity index (χ0n) is 9.69. The Balaban J connectivity index is 1.75. The quantitative estimate of drug-likeness (QED) is 0.659. The number of morpholine rings is 1. The van der Waals surface area contributed by atoms with Crippen LogP contribution in [0.1, 0.15) is 0 Å². The molecule has 1 fully saturated rings. The molecule has 3 nitrogen and oxygen atoms in total. The number of halogens is 1. The van der Waals surface area contributed by atoms with E-state index < -0.39 is 0 Å². The molecule has 0 radical (unpaired) electrons. The van der Waals surface area contributed by atoms with Crippen LogP contribution in [0.15, 0.2) is 23.1 Å². The number of nitrogens with two attached hydrogens (primary N) is 1. The van der Waals surface area contributed by atoms with E-state index in [4.69, 9.17) is 10.5 Å². The van der Waals surface area contributed by atoms with Crippen LogP contribution in [-0.2, 0) is 4.74 Å². The van der Waals surface area contributed by atoms with Crippen molar-refractivity contribution in [2.75, 3.05) is 44.3 Å². The van der Waals surface area contributed by atoms with Crippen molar-refractivity contribution in [2.45, 2.75) is 4.90 Å². The first-order valence-corrected chi connectivity index (χ1v) is 6.72. The third-order valence-electron chi connectivity index (χ3n) is 2.75. The van der Waals surface area contributed by atoms with Crippen molar-refractivity contribution < 1.29 is 9.13 Å². The SMILES string of the molecule is Nc1ccc(SCCN2CCOCC2)cc1F. The van der Waals surface area contributed by atoms with Crippen molar-refractivity contribution in [3.8, 4) is 0 Å². The number of ether oxygens (including phenoxy) is 1. The van der Waals surface area contributed by atoms with Gasteiger partial charge in [-0.05, 0) is 18.2 Å². The van der Waals surface area contributed by atoms with Gasteiger partial charge in [0.15, 0.2) is 0 Å². The molecule has 0 aliphatic carbocycles. The van der Waals surface area contributed by atoms with Gasteiger partial charge in [0.2, 0.25) is 0 Å². The second kappa shape index (κ2) is 6.23. The Morgan fingerprint density at radius 1 is 1.35 bits per heavy atom. The molecule has 0 atom stereocenters.